The fourth-order valence-electron chi connectivity index (χ4n) is 3.00. The Labute approximate surface area is 222 Å². The van der Waals surface area contributed by atoms with Crippen molar-refractivity contribution < 1.29 is 58.2 Å². The summed E-state index contributed by atoms with van der Waals surface area (Å²) in [5, 5.41) is 2.07. The topological polar surface area (TPSA) is 67.4 Å². The molecular formula is C22H14Cl2F10N2O3. The van der Waals surface area contributed by atoms with E-state index >= 15 is 0 Å². The summed E-state index contributed by atoms with van der Waals surface area (Å²) in [6.07, 6.45) is -14.7. The summed E-state index contributed by atoms with van der Waals surface area (Å²) < 4.78 is 135. The molecule has 2 amide bonds. The van der Waals surface area contributed by atoms with Gasteiger partial charge in [-0.3, -0.25) is 9.59 Å². The maximum absolute atomic E-state index is 14.4. The lowest BCUT2D eigenvalue weighted by atomic mass is 9.96. The second-order valence-corrected chi connectivity index (χ2v) is 8.36. The molecule has 0 heterocycles. The fourth-order valence-corrected chi connectivity index (χ4v) is 3.51. The minimum atomic E-state index is -5.46. The third-order valence-electron chi connectivity index (χ3n) is 4.58. The van der Waals surface area contributed by atoms with Crippen LogP contribution >= 0.6 is 23.2 Å². The number of para-hydroxylation sites is 1. The zero-order valence-electron chi connectivity index (χ0n) is 18.8. The Morgan fingerprint density at radius 2 is 1.62 bits per heavy atom. The van der Waals surface area contributed by atoms with Gasteiger partial charge in [0.2, 0.25) is 5.91 Å². The van der Waals surface area contributed by atoms with Crippen molar-refractivity contribution in [1.29, 1.82) is 0 Å². The molecule has 1 atom stereocenters. The first kappa shape index (κ1) is 32.0. The normalized spacial score (nSPS) is 13.3. The lowest BCUT2D eigenvalue weighted by Crippen LogP contribution is -2.41. The SMILES string of the molecule is O=C(CNC(=O)c1cccc(/C=C/C(c2cc(Cl)cc(Cl)c2F)C(F)(F)F)c1OC(F)(F)F)NCC(F)(F)F. The van der Waals surface area contributed by atoms with Crippen LogP contribution in [0, 0.1) is 5.82 Å². The number of nitrogens with one attached hydrogen (secondary N) is 2. The van der Waals surface area contributed by atoms with Gasteiger partial charge >= 0.3 is 18.7 Å². The maximum Gasteiger partial charge on any atom is 0.573 e. The predicted octanol–water partition coefficient (Wildman–Crippen LogP) is 6.80. The van der Waals surface area contributed by atoms with Crippen LogP contribution < -0.4 is 15.4 Å². The fraction of sp³-hybridized carbons (Fsp3) is 0.273. The lowest BCUT2D eigenvalue weighted by molar-refractivity contribution is -0.274. The van der Waals surface area contributed by atoms with Crippen LogP contribution in [0.15, 0.2) is 36.4 Å². The van der Waals surface area contributed by atoms with Gasteiger partial charge in [-0.15, -0.1) is 13.2 Å². The third kappa shape index (κ3) is 9.80. The van der Waals surface area contributed by atoms with Crippen molar-refractivity contribution >= 4 is 41.1 Å². The number of allylic oxidation sites excluding steroid dienone is 1. The van der Waals surface area contributed by atoms with Gasteiger partial charge in [-0.1, -0.05) is 47.5 Å². The van der Waals surface area contributed by atoms with E-state index in [0.717, 1.165) is 24.3 Å². The van der Waals surface area contributed by atoms with Crippen LogP contribution in [-0.4, -0.2) is 43.6 Å². The van der Waals surface area contributed by atoms with E-state index in [-0.39, 0.29) is 11.1 Å². The first-order valence-electron chi connectivity index (χ1n) is 10.2. The van der Waals surface area contributed by atoms with Gasteiger partial charge in [0, 0.05) is 16.1 Å². The van der Waals surface area contributed by atoms with Crippen LogP contribution in [-0.2, 0) is 4.79 Å². The Bertz CT molecular complexity index is 1240. The van der Waals surface area contributed by atoms with Gasteiger partial charge in [-0.25, -0.2) is 4.39 Å². The summed E-state index contributed by atoms with van der Waals surface area (Å²) in [6.45, 7) is -2.84. The molecule has 5 nitrogen and oxygen atoms in total. The van der Waals surface area contributed by atoms with Crippen LogP contribution in [0.1, 0.15) is 27.4 Å². The Morgan fingerprint density at radius 3 is 2.18 bits per heavy atom. The lowest BCUT2D eigenvalue weighted by Gasteiger charge is -2.19. The molecule has 2 rings (SSSR count). The van der Waals surface area contributed by atoms with E-state index in [2.05, 4.69) is 4.74 Å². The first-order chi connectivity index (χ1) is 17.8. The number of carbonyl (C=O) groups excluding carboxylic acids is 2. The van der Waals surface area contributed by atoms with E-state index in [1.54, 1.807) is 5.32 Å². The predicted molar refractivity (Wildman–Crippen MR) is 119 cm³/mol. The standard InChI is InChI=1S/C22H14Cl2F10N2O3/c23-11-6-13(17(25)15(24)7-11)14(21(29,30)31)5-4-10-2-1-3-12(18(10)39-22(32,33)34)19(38)35-8-16(37)36-9-20(26,27)28/h1-7,14H,8-9H2,(H,35,38)(H,36,37)/b5-4+. The van der Waals surface area contributed by atoms with Crippen molar-refractivity contribution in [3.63, 3.8) is 0 Å². The molecule has 0 aliphatic heterocycles. The van der Waals surface area contributed by atoms with Crippen LogP contribution in [0.2, 0.25) is 10.0 Å². The Morgan fingerprint density at radius 1 is 0.974 bits per heavy atom. The summed E-state index contributed by atoms with van der Waals surface area (Å²) in [5.41, 5.74) is -2.71. The summed E-state index contributed by atoms with van der Waals surface area (Å²) in [4.78, 5) is 23.9. The molecule has 17 heteroatoms. The summed E-state index contributed by atoms with van der Waals surface area (Å²) >= 11 is 11.2. The number of halogens is 12. The Balaban J connectivity index is 2.46. The molecule has 39 heavy (non-hydrogen) atoms. The third-order valence-corrected chi connectivity index (χ3v) is 5.07. The highest BCUT2D eigenvalue weighted by molar-refractivity contribution is 6.34. The molecular weight excluding hydrogens is 601 g/mol. The Kier molecular flexibility index (Phi) is 10.1. The minimum absolute atomic E-state index is 0.274. The molecule has 0 bridgehead atoms. The monoisotopic (exact) mass is 614 g/mol. The van der Waals surface area contributed by atoms with Crippen molar-refractivity contribution in [2.45, 2.75) is 24.6 Å². The van der Waals surface area contributed by atoms with E-state index in [9.17, 15) is 53.5 Å². The number of rotatable bonds is 8. The number of ether oxygens (including phenoxy) is 1. The van der Waals surface area contributed by atoms with Crippen LogP contribution in [0.5, 0.6) is 5.75 Å². The van der Waals surface area contributed by atoms with Gasteiger partial charge in [0.15, 0.2) is 0 Å². The average molecular weight is 615 g/mol. The van der Waals surface area contributed by atoms with Gasteiger partial charge in [-0.2, -0.15) is 26.3 Å². The van der Waals surface area contributed by atoms with Gasteiger partial charge < -0.3 is 15.4 Å². The second-order valence-electron chi connectivity index (χ2n) is 7.52. The highest BCUT2D eigenvalue weighted by Crippen LogP contribution is 2.41. The number of amides is 2. The van der Waals surface area contributed by atoms with Gasteiger partial charge in [0.05, 0.1) is 17.1 Å². The number of alkyl halides is 9. The molecule has 0 saturated heterocycles. The minimum Gasteiger partial charge on any atom is -0.404 e. The second kappa shape index (κ2) is 12.3. The highest BCUT2D eigenvalue weighted by Gasteiger charge is 2.41. The molecule has 2 N–H and O–H groups in total. The average Bonchev–Trinajstić information content (AvgIpc) is 2.77. The number of hydrogen-bond donors (Lipinski definition) is 2. The molecule has 0 saturated carbocycles. The molecule has 214 valence electrons. The smallest absolute Gasteiger partial charge is 0.404 e. The molecule has 0 aliphatic carbocycles. The van der Waals surface area contributed by atoms with E-state index in [4.69, 9.17) is 23.2 Å². The molecule has 0 aromatic heterocycles. The zero-order valence-corrected chi connectivity index (χ0v) is 20.3. The van der Waals surface area contributed by atoms with Crippen molar-refractivity contribution in [2.24, 2.45) is 0 Å². The zero-order chi connectivity index (χ0) is 29.8. The van der Waals surface area contributed by atoms with Crippen LogP contribution in [0.25, 0.3) is 6.08 Å². The van der Waals surface area contributed by atoms with Gasteiger partial charge in [0.25, 0.3) is 5.91 Å². The summed E-state index contributed by atoms with van der Waals surface area (Å²) in [5.74, 6) is -8.34. The van der Waals surface area contributed by atoms with E-state index < -0.39 is 82.8 Å². The van der Waals surface area contributed by atoms with Crippen LogP contribution in [0.3, 0.4) is 0 Å². The quantitative estimate of drug-likeness (QED) is 0.254. The number of carbonyl (C=O) groups is 2. The molecule has 2 aromatic carbocycles. The highest BCUT2D eigenvalue weighted by atomic mass is 35.5. The Hall–Kier alpha value is -3.20. The van der Waals surface area contributed by atoms with Crippen molar-refractivity contribution in [1.82, 2.24) is 10.6 Å². The first-order valence-corrected chi connectivity index (χ1v) is 10.9. The van der Waals surface area contributed by atoms with Crippen molar-refractivity contribution in [3.05, 3.63) is 69.0 Å². The van der Waals surface area contributed by atoms with Crippen molar-refractivity contribution in [3.8, 4) is 5.75 Å². The maximum atomic E-state index is 14.4. The van der Waals surface area contributed by atoms with E-state index in [1.807, 2.05) is 0 Å². The number of hydrogen-bond acceptors (Lipinski definition) is 3. The number of benzene rings is 2. The summed E-state index contributed by atoms with van der Waals surface area (Å²) in [6, 6.07) is 3.98. The molecule has 0 aliphatic rings. The largest absolute Gasteiger partial charge is 0.573 e. The molecule has 0 radical (unpaired) electrons. The van der Waals surface area contributed by atoms with Crippen molar-refractivity contribution in [2.75, 3.05) is 13.1 Å². The summed E-state index contributed by atoms with van der Waals surface area (Å²) in [7, 11) is 0. The van der Waals surface area contributed by atoms with Gasteiger partial charge in [-0.05, 0) is 18.2 Å². The molecule has 0 spiro atoms. The van der Waals surface area contributed by atoms with Crippen LogP contribution in [0.4, 0.5) is 43.9 Å². The molecule has 1 unspecified atom stereocenters. The molecule has 2 aromatic rings. The van der Waals surface area contributed by atoms with E-state index in [1.165, 1.54) is 5.32 Å². The van der Waals surface area contributed by atoms with Gasteiger partial charge in [0.1, 0.15) is 24.0 Å². The van der Waals surface area contributed by atoms with E-state index in [0.29, 0.717) is 12.1 Å². The molecule has 0 fully saturated rings.